The minimum atomic E-state index is -0.149. The molecule has 226 valence electrons. The van der Waals surface area contributed by atoms with Crippen LogP contribution in [0.15, 0.2) is 109 Å². The van der Waals surface area contributed by atoms with Crippen molar-refractivity contribution in [3.05, 3.63) is 132 Å². The highest BCUT2D eigenvalue weighted by Gasteiger charge is 2.31. The van der Waals surface area contributed by atoms with Crippen LogP contribution in [-0.2, 0) is 11.3 Å². The summed E-state index contributed by atoms with van der Waals surface area (Å²) in [5, 5.41) is 1.17. The molecule has 6 heteroatoms. The molecular formula is C38H41N3O3. The molecular weight excluding hydrogens is 546 g/mol. The molecule has 0 N–H and O–H groups in total. The standard InChI is InChI=1S/C38H41N3O3/c1-4-39-27-35(33-17-11-12-18-36(33)39)34(30-23-31(43-2)25-32(24-30)44-3)26-37(42)40-19-21-41(22-20-40)38(28-13-7-5-8-14-28)29-15-9-6-10-16-29/h5-18,23-25,27,34,38H,4,19-22,26H2,1-3H3/t34-/m0/s1. The van der Waals surface area contributed by atoms with Gasteiger partial charge in [-0.05, 0) is 47.4 Å². The molecule has 0 radical (unpaired) electrons. The van der Waals surface area contributed by atoms with Crippen molar-refractivity contribution in [3.8, 4) is 11.5 Å². The third kappa shape index (κ3) is 6.08. The summed E-state index contributed by atoms with van der Waals surface area (Å²) in [6, 6.07) is 36.0. The van der Waals surface area contributed by atoms with Crippen LogP contribution in [0.1, 0.15) is 47.6 Å². The molecule has 0 saturated carbocycles. The van der Waals surface area contributed by atoms with Crippen LogP contribution in [0.5, 0.6) is 11.5 Å². The molecule has 1 aromatic heterocycles. The van der Waals surface area contributed by atoms with Gasteiger partial charge in [0.15, 0.2) is 0 Å². The molecule has 1 saturated heterocycles. The number of hydrogen-bond acceptors (Lipinski definition) is 4. The fourth-order valence-electron chi connectivity index (χ4n) is 6.67. The molecule has 6 rings (SSSR count). The lowest BCUT2D eigenvalue weighted by atomic mass is 9.87. The summed E-state index contributed by atoms with van der Waals surface area (Å²) in [6.07, 6.45) is 2.59. The van der Waals surface area contributed by atoms with E-state index in [9.17, 15) is 4.79 Å². The highest BCUT2D eigenvalue weighted by Crippen LogP contribution is 2.38. The Morgan fingerprint density at radius 2 is 1.30 bits per heavy atom. The molecule has 1 aliphatic rings. The van der Waals surface area contributed by atoms with Gasteiger partial charge >= 0.3 is 0 Å². The Morgan fingerprint density at radius 3 is 1.86 bits per heavy atom. The predicted octanol–water partition coefficient (Wildman–Crippen LogP) is 7.13. The number of aryl methyl sites for hydroxylation is 1. The topological polar surface area (TPSA) is 46.9 Å². The van der Waals surface area contributed by atoms with Crippen molar-refractivity contribution in [2.75, 3.05) is 40.4 Å². The van der Waals surface area contributed by atoms with Crippen molar-refractivity contribution in [3.63, 3.8) is 0 Å². The van der Waals surface area contributed by atoms with Gasteiger partial charge < -0.3 is 18.9 Å². The molecule has 0 bridgehead atoms. The number of aromatic nitrogens is 1. The van der Waals surface area contributed by atoms with Crippen molar-refractivity contribution >= 4 is 16.8 Å². The monoisotopic (exact) mass is 587 g/mol. The smallest absolute Gasteiger partial charge is 0.223 e. The zero-order valence-corrected chi connectivity index (χ0v) is 25.9. The number of carbonyl (C=O) groups is 1. The maximum Gasteiger partial charge on any atom is 0.223 e. The first kappa shape index (κ1) is 29.5. The fraction of sp³-hybridized carbons (Fsp3) is 0.289. The first-order valence-electron chi connectivity index (χ1n) is 15.5. The zero-order valence-electron chi connectivity index (χ0n) is 25.9. The van der Waals surface area contributed by atoms with Gasteiger partial charge in [-0.1, -0.05) is 78.9 Å². The molecule has 2 heterocycles. The Balaban J connectivity index is 1.27. The molecule has 4 aromatic carbocycles. The lowest BCUT2D eigenvalue weighted by Gasteiger charge is -2.40. The molecule has 6 nitrogen and oxygen atoms in total. The summed E-state index contributed by atoms with van der Waals surface area (Å²) in [4.78, 5) is 18.7. The highest BCUT2D eigenvalue weighted by atomic mass is 16.5. The van der Waals surface area contributed by atoms with Crippen molar-refractivity contribution in [1.82, 2.24) is 14.4 Å². The Kier molecular flexibility index (Phi) is 8.99. The van der Waals surface area contributed by atoms with Gasteiger partial charge in [0.05, 0.1) is 20.3 Å². The van der Waals surface area contributed by atoms with Gasteiger partial charge in [0.1, 0.15) is 11.5 Å². The largest absolute Gasteiger partial charge is 0.497 e. The van der Waals surface area contributed by atoms with E-state index in [0.717, 1.165) is 42.3 Å². The molecule has 1 atom stereocenters. The summed E-state index contributed by atoms with van der Waals surface area (Å²) in [5.41, 5.74) is 5.90. The van der Waals surface area contributed by atoms with E-state index in [1.807, 2.05) is 23.1 Å². The molecule has 5 aromatic rings. The van der Waals surface area contributed by atoms with E-state index in [0.29, 0.717) is 19.5 Å². The van der Waals surface area contributed by atoms with Gasteiger partial charge in [-0.3, -0.25) is 9.69 Å². The Bertz CT molecular complexity index is 1630. The summed E-state index contributed by atoms with van der Waals surface area (Å²) in [7, 11) is 3.33. The molecule has 0 spiro atoms. The molecule has 1 amide bonds. The second-order valence-electron chi connectivity index (χ2n) is 11.4. The van der Waals surface area contributed by atoms with Crippen LogP contribution in [0.3, 0.4) is 0 Å². The number of carbonyl (C=O) groups excluding carboxylic acids is 1. The maximum absolute atomic E-state index is 14.1. The first-order valence-corrected chi connectivity index (χ1v) is 15.5. The van der Waals surface area contributed by atoms with E-state index < -0.39 is 0 Å². The number of ether oxygens (including phenoxy) is 2. The predicted molar refractivity (Wildman–Crippen MR) is 176 cm³/mol. The third-order valence-corrected chi connectivity index (χ3v) is 8.95. The average Bonchev–Trinajstić information content (AvgIpc) is 3.46. The van der Waals surface area contributed by atoms with Crippen LogP contribution < -0.4 is 9.47 Å². The normalized spacial score (nSPS) is 14.6. The van der Waals surface area contributed by atoms with E-state index in [2.05, 4.69) is 108 Å². The van der Waals surface area contributed by atoms with Gasteiger partial charge in [-0.25, -0.2) is 0 Å². The second-order valence-corrected chi connectivity index (χ2v) is 11.4. The quantitative estimate of drug-likeness (QED) is 0.174. The fourth-order valence-corrected chi connectivity index (χ4v) is 6.67. The third-order valence-electron chi connectivity index (χ3n) is 8.95. The van der Waals surface area contributed by atoms with Crippen LogP contribution in [0.25, 0.3) is 10.9 Å². The molecule has 44 heavy (non-hydrogen) atoms. The number of nitrogens with zero attached hydrogens (tertiary/aromatic N) is 3. The number of rotatable bonds is 10. The Morgan fingerprint density at radius 1 is 0.727 bits per heavy atom. The van der Waals surface area contributed by atoms with Crippen LogP contribution in [0.4, 0.5) is 0 Å². The van der Waals surface area contributed by atoms with Gasteiger partial charge in [-0.15, -0.1) is 0 Å². The van der Waals surface area contributed by atoms with E-state index in [1.165, 1.54) is 22.0 Å². The first-order chi connectivity index (χ1) is 21.6. The molecule has 1 fully saturated rings. The average molecular weight is 588 g/mol. The lowest BCUT2D eigenvalue weighted by Crippen LogP contribution is -2.50. The number of benzene rings is 4. The summed E-state index contributed by atoms with van der Waals surface area (Å²) >= 11 is 0. The van der Waals surface area contributed by atoms with Gasteiger partial charge in [0.25, 0.3) is 0 Å². The van der Waals surface area contributed by atoms with Crippen molar-refractivity contribution in [2.24, 2.45) is 0 Å². The van der Waals surface area contributed by atoms with Crippen molar-refractivity contribution in [1.29, 1.82) is 0 Å². The molecule has 1 aliphatic heterocycles. The Hall–Kier alpha value is -4.55. The van der Waals surface area contributed by atoms with Crippen LogP contribution in [0, 0.1) is 0 Å². The lowest BCUT2D eigenvalue weighted by molar-refractivity contribution is -0.133. The minimum Gasteiger partial charge on any atom is -0.497 e. The van der Waals surface area contributed by atoms with Crippen molar-refractivity contribution < 1.29 is 14.3 Å². The number of fused-ring (bicyclic) bond motifs is 1. The number of amides is 1. The van der Waals surface area contributed by atoms with E-state index >= 15 is 0 Å². The molecule has 0 unspecified atom stereocenters. The van der Waals surface area contributed by atoms with E-state index in [-0.39, 0.29) is 17.9 Å². The highest BCUT2D eigenvalue weighted by molar-refractivity contribution is 5.87. The number of hydrogen-bond donors (Lipinski definition) is 0. The van der Waals surface area contributed by atoms with Gasteiger partial charge in [0.2, 0.25) is 5.91 Å². The van der Waals surface area contributed by atoms with Crippen molar-refractivity contribution in [2.45, 2.75) is 31.8 Å². The van der Waals surface area contributed by atoms with Gasteiger partial charge in [-0.2, -0.15) is 0 Å². The minimum absolute atomic E-state index is 0.149. The number of methoxy groups -OCH3 is 2. The van der Waals surface area contributed by atoms with E-state index in [1.54, 1.807) is 14.2 Å². The van der Waals surface area contributed by atoms with Crippen LogP contribution in [-0.4, -0.2) is 60.7 Å². The second kappa shape index (κ2) is 13.4. The SMILES string of the molecule is CCn1cc([C@@H](CC(=O)N2CCN(C(c3ccccc3)c3ccccc3)CC2)c2cc(OC)cc(OC)c2)c2ccccc21. The maximum atomic E-state index is 14.1. The van der Waals surface area contributed by atoms with Gasteiger partial charge in [0, 0.05) is 68.2 Å². The summed E-state index contributed by atoms with van der Waals surface area (Å²) in [6.45, 7) is 6.02. The Labute approximate surface area is 260 Å². The summed E-state index contributed by atoms with van der Waals surface area (Å²) in [5.74, 6) is 1.46. The zero-order chi connectivity index (χ0) is 30.5. The number of para-hydroxylation sites is 1. The van der Waals surface area contributed by atoms with E-state index in [4.69, 9.17) is 9.47 Å². The number of piperazine rings is 1. The summed E-state index contributed by atoms with van der Waals surface area (Å²) < 4.78 is 13.5. The van der Waals surface area contributed by atoms with Crippen LogP contribution in [0.2, 0.25) is 0 Å². The molecule has 0 aliphatic carbocycles. The van der Waals surface area contributed by atoms with Crippen LogP contribution >= 0.6 is 0 Å².